The smallest absolute Gasteiger partial charge is 0.408 e. The van der Waals surface area contributed by atoms with Crippen LogP contribution in [-0.2, 0) is 24.1 Å². The summed E-state index contributed by atoms with van der Waals surface area (Å²) < 4.78 is 0. The van der Waals surface area contributed by atoms with E-state index in [1.165, 1.54) is 4.90 Å². The Balaban J connectivity index is 1.47. The molecule has 1 heterocycles. The van der Waals surface area contributed by atoms with Crippen LogP contribution in [0.25, 0.3) is 0 Å². The zero-order valence-corrected chi connectivity index (χ0v) is 25.9. The highest BCUT2D eigenvalue weighted by Gasteiger charge is 2.49. The lowest BCUT2D eigenvalue weighted by molar-refractivity contribution is -0.136. The van der Waals surface area contributed by atoms with Crippen molar-refractivity contribution >= 4 is 12.0 Å². The van der Waals surface area contributed by atoms with Gasteiger partial charge in [0.1, 0.15) is 0 Å². The lowest BCUT2D eigenvalue weighted by atomic mass is 9.79. The number of rotatable bonds is 9. The summed E-state index contributed by atoms with van der Waals surface area (Å²) in [6.45, 7) is 6.26. The van der Waals surface area contributed by atoms with Crippen molar-refractivity contribution in [3.63, 3.8) is 0 Å². The van der Waals surface area contributed by atoms with Gasteiger partial charge in [0, 0.05) is 18.5 Å². The summed E-state index contributed by atoms with van der Waals surface area (Å²) >= 11 is 0. The highest BCUT2D eigenvalue weighted by atomic mass is 16.4. The predicted molar refractivity (Wildman–Crippen MR) is 170 cm³/mol. The fourth-order valence-corrected chi connectivity index (χ4v) is 7.11. The summed E-state index contributed by atoms with van der Waals surface area (Å²) in [5, 5.41) is 37.0. The number of hydrogen-bond acceptors (Lipinski definition) is 5. The Bertz CT molecular complexity index is 1430. The second kappa shape index (κ2) is 13.1. The third-order valence-electron chi connectivity index (χ3n) is 9.18. The summed E-state index contributed by atoms with van der Waals surface area (Å²) in [6, 6.07) is 25.3. The van der Waals surface area contributed by atoms with Crippen molar-refractivity contribution in [2.75, 3.05) is 13.1 Å². The summed E-state index contributed by atoms with van der Waals surface area (Å²) in [6.07, 6.45) is 0.442. The first-order valence-electron chi connectivity index (χ1n) is 15.6. The number of β-amino-alcohol motifs (C(OH)–C–C–N with tert-alkyl or cyclic N) is 1. The average Bonchev–Trinajstić information content (AvgIpc) is 3.30. The van der Waals surface area contributed by atoms with Crippen LogP contribution in [0, 0.1) is 0 Å². The van der Waals surface area contributed by atoms with Crippen molar-refractivity contribution in [1.29, 1.82) is 0 Å². The molecule has 8 nitrogen and oxygen atoms in total. The summed E-state index contributed by atoms with van der Waals surface area (Å²) in [5.74, 6) is -0.218. The van der Waals surface area contributed by atoms with E-state index < -0.39 is 41.5 Å². The maximum atomic E-state index is 14.2. The number of carbonyl (C=O) groups excluding carboxylic acids is 1. The van der Waals surface area contributed by atoms with Crippen LogP contribution in [0.1, 0.15) is 61.9 Å². The van der Waals surface area contributed by atoms with E-state index in [0.717, 1.165) is 22.3 Å². The van der Waals surface area contributed by atoms with Crippen LogP contribution in [0.4, 0.5) is 4.79 Å². The van der Waals surface area contributed by atoms with Gasteiger partial charge in [-0.2, -0.15) is 0 Å². The molecular formula is C36H45N3O5. The molecule has 0 bridgehead atoms. The molecule has 1 aliphatic carbocycles. The Hall–Kier alpha value is -3.72. The molecule has 0 spiro atoms. The average molecular weight is 600 g/mol. The largest absolute Gasteiger partial charge is 0.465 e. The molecule has 4 N–H and O–H groups in total. The molecule has 0 radical (unpaired) electrons. The maximum absolute atomic E-state index is 14.2. The maximum Gasteiger partial charge on any atom is 0.408 e. The Morgan fingerprint density at radius 3 is 2.16 bits per heavy atom. The number of amides is 2. The van der Waals surface area contributed by atoms with Gasteiger partial charge in [0.15, 0.2) is 0 Å². The van der Waals surface area contributed by atoms with Crippen LogP contribution < -0.4 is 5.32 Å². The third-order valence-corrected chi connectivity index (χ3v) is 9.18. The van der Waals surface area contributed by atoms with E-state index in [4.69, 9.17) is 0 Å². The number of aliphatic hydroxyl groups is 2. The normalized spacial score (nSPS) is 23.4. The van der Waals surface area contributed by atoms with Crippen LogP contribution in [0.3, 0.4) is 0 Å². The van der Waals surface area contributed by atoms with Crippen molar-refractivity contribution in [3.05, 3.63) is 107 Å². The lowest BCUT2D eigenvalue weighted by Crippen LogP contribution is -2.67. The van der Waals surface area contributed by atoms with Crippen LogP contribution in [0.15, 0.2) is 84.9 Å². The van der Waals surface area contributed by atoms with Gasteiger partial charge in [0.2, 0.25) is 5.91 Å². The summed E-state index contributed by atoms with van der Waals surface area (Å²) in [4.78, 5) is 30.4. The standard InChI is InChI=1S/C36H45N3O5/c1-35(2,3)39(34(42)43)31(22-26-15-8-5-9-16-26)36(44)19-12-20-38(24-36)29(21-25-13-6-4-7-14-25)33(41)37-32-28-18-11-10-17-27(28)23-30(32)40/h4-11,13-18,29-32,40,44H,12,19-24H2,1-3H3,(H,37,41)(H,42,43)/t29-,30+,31-,32-,36-/m0/s1. The van der Waals surface area contributed by atoms with Crippen molar-refractivity contribution in [2.24, 2.45) is 0 Å². The van der Waals surface area contributed by atoms with Gasteiger partial charge in [0.25, 0.3) is 0 Å². The van der Waals surface area contributed by atoms with Gasteiger partial charge in [-0.05, 0) is 75.3 Å². The summed E-state index contributed by atoms with van der Waals surface area (Å²) in [5.41, 5.74) is 1.69. The second-order valence-electron chi connectivity index (χ2n) is 13.4. The van der Waals surface area contributed by atoms with E-state index in [1.807, 2.05) is 111 Å². The van der Waals surface area contributed by atoms with E-state index in [9.17, 15) is 24.9 Å². The molecule has 1 fully saturated rings. The molecule has 0 unspecified atom stereocenters. The van der Waals surface area contributed by atoms with Gasteiger partial charge in [0.05, 0.1) is 29.8 Å². The number of fused-ring (bicyclic) bond motifs is 1. The Labute approximate surface area is 260 Å². The number of piperidine rings is 1. The highest BCUT2D eigenvalue weighted by Crippen LogP contribution is 2.36. The fourth-order valence-electron chi connectivity index (χ4n) is 7.11. The number of likely N-dealkylation sites (tertiary alicyclic amines) is 1. The second-order valence-corrected chi connectivity index (χ2v) is 13.4. The van der Waals surface area contributed by atoms with Gasteiger partial charge >= 0.3 is 6.09 Å². The van der Waals surface area contributed by atoms with E-state index in [1.54, 1.807) is 0 Å². The molecule has 44 heavy (non-hydrogen) atoms. The van der Waals surface area contributed by atoms with Crippen molar-refractivity contribution in [3.8, 4) is 0 Å². The quantitative estimate of drug-likeness (QED) is 0.286. The molecule has 3 aromatic rings. The van der Waals surface area contributed by atoms with E-state index >= 15 is 0 Å². The number of hydrogen-bond donors (Lipinski definition) is 4. The van der Waals surface area contributed by atoms with Gasteiger partial charge in [-0.25, -0.2) is 4.79 Å². The first kappa shape index (κ1) is 31.7. The van der Waals surface area contributed by atoms with E-state index in [0.29, 0.717) is 38.6 Å². The first-order chi connectivity index (χ1) is 21.0. The predicted octanol–water partition coefficient (Wildman–Crippen LogP) is 4.59. The molecule has 2 amide bonds. The topological polar surface area (TPSA) is 113 Å². The molecule has 3 aromatic carbocycles. The Morgan fingerprint density at radius 1 is 0.955 bits per heavy atom. The molecular weight excluding hydrogens is 554 g/mol. The SMILES string of the molecule is CC(C)(C)N(C(=O)O)[C@@H](Cc1ccccc1)[C@]1(O)CCCN([C@@H](Cc2ccccc2)C(=O)N[C@H]2c3ccccc3C[C@H]2O)C1. The Morgan fingerprint density at radius 2 is 1.55 bits per heavy atom. The molecule has 2 aliphatic rings. The van der Waals surface area contributed by atoms with E-state index in [-0.39, 0.29) is 12.5 Å². The van der Waals surface area contributed by atoms with Crippen molar-refractivity contribution in [2.45, 2.75) is 88.2 Å². The van der Waals surface area contributed by atoms with Crippen LogP contribution in [-0.4, -0.2) is 79.5 Å². The van der Waals surface area contributed by atoms with Crippen molar-refractivity contribution < 1.29 is 24.9 Å². The fraction of sp³-hybridized carbons (Fsp3) is 0.444. The molecule has 8 heteroatoms. The minimum Gasteiger partial charge on any atom is -0.465 e. The number of carboxylic acid groups (broad SMARTS) is 1. The van der Waals surface area contributed by atoms with Gasteiger partial charge in [-0.15, -0.1) is 0 Å². The number of carbonyl (C=O) groups is 2. The van der Waals surface area contributed by atoms with E-state index in [2.05, 4.69) is 5.32 Å². The molecule has 5 atom stereocenters. The first-order valence-corrected chi connectivity index (χ1v) is 15.6. The monoisotopic (exact) mass is 599 g/mol. The molecule has 0 aromatic heterocycles. The zero-order valence-electron chi connectivity index (χ0n) is 25.9. The summed E-state index contributed by atoms with van der Waals surface area (Å²) in [7, 11) is 0. The van der Waals surface area contributed by atoms with Crippen molar-refractivity contribution in [1.82, 2.24) is 15.1 Å². The number of aliphatic hydroxyl groups excluding tert-OH is 1. The van der Waals surface area contributed by atoms with Crippen LogP contribution in [0.2, 0.25) is 0 Å². The number of benzene rings is 3. The van der Waals surface area contributed by atoms with Crippen LogP contribution in [0.5, 0.6) is 0 Å². The number of nitrogens with one attached hydrogen (secondary N) is 1. The molecule has 234 valence electrons. The number of nitrogens with zero attached hydrogens (tertiary/aromatic N) is 2. The lowest BCUT2D eigenvalue weighted by Gasteiger charge is -2.51. The van der Waals surface area contributed by atoms with Gasteiger partial charge < -0.3 is 20.6 Å². The van der Waals surface area contributed by atoms with Gasteiger partial charge in [-0.3, -0.25) is 14.6 Å². The minimum absolute atomic E-state index is 0.138. The Kier molecular flexibility index (Phi) is 9.44. The third kappa shape index (κ3) is 6.98. The molecule has 0 saturated carbocycles. The molecule has 1 aliphatic heterocycles. The van der Waals surface area contributed by atoms with Crippen LogP contribution >= 0.6 is 0 Å². The van der Waals surface area contributed by atoms with Gasteiger partial charge in [-0.1, -0.05) is 84.9 Å². The highest BCUT2D eigenvalue weighted by molar-refractivity contribution is 5.83. The zero-order chi connectivity index (χ0) is 31.5. The minimum atomic E-state index is -1.41. The molecule has 1 saturated heterocycles. The molecule has 5 rings (SSSR count).